The Balaban J connectivity index is 1.76. The van der Waals surface area contributed by atoms with E-state index >= 15 is 0 Å². The second kappa shape index (κ2) is 12.1. The van der Waals surface area contributed by atoms with Gasteiger partial charge in [0.25, 0.3) is 0 Å². The Hall–Kier alpha value is -1.61. The highest BCUT2D eigenvalue weighted by Crippen LogP contribution is 2.44. The van der Waals surface area contributed by atoms with E-state index in [1.54, 1.807) is 32.1 Å². The van der Waals surface area contributed by atoms with Crippen molar-refractivity contribution in [2.24, 2.45) is 23.0 Å². The summed E-state index contributed by atoms with van der Waals surface area (Å²) in [7, 11) is 0. The van der Waals surface area contributed by atoms with Gasteiger partial charge in [0, 0.05) is 22.8 Å². The number of allylic oxidation sites excluding steroid dienone is 1. The van der Waals surface area contributed by atoms with Gasteiger partial charge in [-0.1, -0.05) is 39.7 Å². The number of nitrogens with two attached hydrogens (primary N) is 1. The van der Waals surface area contributed by atoms with Crippen molar-refractivity contribution in [3.8, 4) is 0 Å². The molecule has 1 aromatic heterocycles. The first kappa shape index (κ1) is 29.6. The predicted molar refractivity (Wildman–Crippen MR) is 140 cm³/mol. The van der Waals surface area contributed by atoms with Crippen LogP contribution in [-0.4, -0.2) is 50.8 Å². The fraction of sp³-hybridized carbons (Fsp3) is 0.741. The van der Waals surface area contributed by atoms with E-state index in [0.29, 0.717) is 0 Å². The number of Topliss-reactive ketones (excluding diaryl/α,β-unsaturated/α-hetero) is 1. The number of ketones is 1. The molecular formula is C27H44N2O5S. The molecule has 35 heavy (non-hydrogen) atoms. The summed E-state index contributed by atoms with van der Waals surface area (Å²) in [6.07, 6.45) is 5.88. The van der Waals surface area contributed by atoms with Crippen LogP contribution in [-0.2, 0) is 14.3 Å². The van der Waals surface area contributed by atoms with Crippen LogP contribution in [0.2, 0.25) is 0 Å². The van der Waals surface area contributed by atoms with E-state index in [-0.39, 0.29) is 29.8 Å². The van der Waals surface area contributed by atoms with E-state index in [9.17, 15) is 14.7 Å². The van der Waals surface area contributed by atoms with E-state index in [0.717, 1.165) is 42.8 Å². The summed E-state index contributed by atoms with van der Waals surface area (Å²) < 4.78 is 6.02. The average molecular weight is 509 g/mol. The third-order valence-corrected chi connectivity index (χ3v) is 8.46. The van der Waals surface area contributed by atoms with Crippen molar-refractivity contribution in [1.29, 1.82) is 0 Å². The van der Waals surface area contributed by atoms with E-state index < -0.39 is 29.4 Å². The SMILES string of the molecule is CC(=Cc1csc(C)n1)CC[C@@H]1O[C@]1(C)CCC[C@H](C)[C@H](O)[C@@H](C)C(=O)C(C)(C)[C@@H](N)CC(=O)O. The van der Waals surface area contributed by atoms with Gasteiger partial charge in [-0.05, 0) is 58.4 Å². The van der Waals surface area contributed by atoms with Crippen LogP contribution in [0, 0.1) is 24.2 Å². The molecular weight excluding hydrogens is 464 g/mol. The minimum absolute atomic E-state index is 0.0620. The lowest BCUT2D eigenvalue weighted by Gasteiger charge is -2.34. The fourth-order valence-electron chi connectivity index (χ4n) is 4.81. The number of epoxide rings is 1. The molecule has 0 radical (unpaired) electrons. The zero-order valence-corrected chi connectivity index (χ0v) is 23.2. The second-order valence-electron chi connectivity index (χ2n) is 11.2. The number of aliphatic hydroxyl groups is 1. The minimum Gasteiger partial charge on any atom is -0.481 e. The number of nitrogens with zero attached hydrogens (tertiary/aromatic N) is 1. The smallest absolute Gasteiger partial charge is 0.304 e. The highest BCUT2D eigenvalue weighted by Gasteiger charge is 2.50. The number of aromatic nitrogens is 1. The summed E-state index contributed by atoms with van der Waals surface area (Å²) in [5.41, 5.74) is 7.18. The van der Waals surface area contributed by atoms with Gasteiger partial charge in [0.15, 0.2) is 0 Å². The summed E-state index contributed by atoms with van der Waals surface area (Å²) >= 11 is 1.66. The van der Waals surface area contributed by atoms with E-state index in [2.05, 4.69) is 30.3 Å². The Morgan fingerprint density at radius 1 is 1.37 bits per heavy atom. The first-order valence-corrected chi connectivity index (χ1v) is 13.5. The maximum absolute atomic E-state index is 13.0. The van der Waals surface area contributed by atoms with E-state index in [4.69, 9.17) is 15.6 Å². The standard InChI is InChI=1S/C27H44N2O5S/c1-16(13-20-15-35-19(4)29-20)10-11-22-27(7,34-22)12-8-9-17(2)24(32)18(3)25(33)26(5,6)21(28)14-23(30)31/h13,15,17-18,21-22,24,32H,8-12,14,28H2,1-7H3,(H,30,31)/t17-,18+,21-,22-,24-,27+/m0/s1. The van der Waals surface area contributed by atoms with Crippen LogP contribution in [0.15, 0.2) is 11.0 Å². The number of aliphatic hydroxyl groups excluding tert-OH is 1. The van der Waals surface area contributed by atoms with Crippen molar-refractivity contribution in [2.45, 2.75) is 111 Å². The lowest BCUT2D eigenvalue weighted by molar-refractivity contribution is -0.140. The quantitative estimate of drug-likeness (QED) is 0.285. The van der Waals surface area contributed by atoms with Crippen molar-refractivity contribution in [3.63, 3.8) is 0 Å². The summed E-state index contributed by atoms with van der Waals surface area (Å²) in [4.78, 5) is 28.5. The highest BCUT2D eigenvalue weighted by atomic mass is 32.1. The van der Waals surface area contributed by atoms with Crippen LogP contribution in [0.3, 0.4) is 0 Å². The molecule has 1 fully saturated rings. The topological polar surface area (TPSA) is 126 Å². The van der Waals surface area contributed by atoms with E-state index in [1.165, 1.54) is 5.57 Å². The van der Waals surface area contributed by atoms with Crippen molar-refractivity contribution in [3.05, 3.63) is 21.7 Å². The number of carboxylic acids is 1. The van der Waals surface area contributed by atoms with Gasteiger partial charge in [0.2, 0.25) is 0 Å². The van der Waals surface area contributed by atoms with Crippen molar-refractivity contribution in [2.75, 3.05) is 0 Å². The largest absolute Gasteiger partial charge is 0.481 e. The third kappa shape index (κ3) is 8.20. The Labute approximate surface area is 214 Å². The van der Waals surface area contributed by atoms with Crippen molar-refractivity contribution < 1.29 is 24.5 Å². The molecule has 0 unspecified atom stereocenters. The molecule has 2 rings (SSSR count). The number of carbonyl (C=O) groups excluding carboxylic acids is 1. The Morgan fingerprint density at radius 2 is 2.03 bits per heavy atom. The van der Waals surface area contributed by atoms with Gasteiger partial charge in [-0.15, -0.1) is 11.3 Å². The number of hydrogen-bond acceptors (Lipinski definition) is 7. The molecule has 0 aromatic carbocycles. The van der Waals surface area contributed by atoms with Crippen LogP contribution < -0.4 is 5.73 Å². The van der Waals surface area contributed by atoms with Gasteiger partial charge in [-0.25, -0.2) is 4.98 Å². The molecule has 1 aromatic rings. The van der Waals surface area contributed by atoms with Crippen LogP contribution in [0.5, 0.6) is 0 Å². The molecule has 8 heteroatoms. The van der Waals surface area contributed by atoms with Crippen molar-refractivity contribution >= 4 is 29.2 Å². The van der Waals surface area contributed by atoms with Gasteiger partial charge in [0.1, 0.15) is 5.78 Å². The highest BCUT2D eigenvalue weighted by molar-refractivity contribution is 7.09. The molecule has 198 valence electrons. The molecule has 0 spiro atoms. The number of carboxylic acid groups (broad SMARTS) is 1. The van der Waals surface area contributed by atoms with Gasteiger partial charge in [-0.3, -0.25) is 9.59 Å². The fourth-order valence-corrected chi connectivity index (χ4v) is 5.38. The number of aliphatic carboxylic acids is 1. The first-order valence-electron chi connectivity index (χ1n) is 12.6. The van der Waals surface area contributed by atoms with Crippen LogP contribution >= 0.6 is 11.3 Å². The number of carbonyl (C=O) groups is 2. The first-order chi connectivity index (χ1) is 16.2. The molecule has 1 saturated heterocycles. The number of ether oxygens (including phenoxy) is 1. The van der Waals surface area contributed by atoms with Crippen LogP contribution in [0.25, 0.3) is 6.08 Å². The maximum atomic E-state index is 13.0. The Morgan fingerprint density at radius 3 is 2.60 bits per heavy atom. The number of hydrogen-bond donors (Lipinski definition) is 3. The maximum Gasteiger partial charge on any atom is 0.304 e. The van der Waals surface area contributed by atoms with Crippen LogP contribution in [0.4, 0.5) is 0 Å². The molecule has 6 atom stereocenters. The van der Waals surface area contributed by atoms with E-state index in [1.807, 2.05) is 13.8 Å². The molecule has 0 saturated carbocycles. The summed E-state index contributed by atoms with van der Waals surface area (Å²) in [5.74, 6) is -1.90. The molecule has 0 amide bonds. The summed E-state index contributed by atoms with van der Waals surface area (Å²) in [6, 6.07) is -0.801. The Kier molecular flexibility index (Phi) is 10.2. The lowest BCUT2D eigenvalue weighted by atomic mass is 9.72. The minimum atomic E-state index is -1.03. The third-order valence-electron chi connectivity index (χ3n) is 7.67. The molecule has 0 aliphatic carbocycles. The van der Waals surface area contributed by atoms with Gasteiger partial charge in [-0.2, -0.15) is 0 Å². The molecule has 4 N–H and O–H groups in total. The second-order valence-corrected chi connectivity index (χ2v) is 12.2. The lowest BCUT2D eigenvalue weighted by Crippen LogP contribution is -2.49. The van der Waals surface area contributed by atoms with Crippen LogP contribution in [0.1, 0.15) is 90.8 Å². The van der Waals surface area contributed by atoms with Gasteiger partial charge < -0.3 is 20.7 Å². The summed E-state index contributed by atoms with van der Waals surface area (Å²) in [5, 5.41) is 23.0. The number of rotatable bonds is 15. The number of aryl methyl sites for hydroxylation is 1. The Bertz CT molecular complexity index is 911. The number of thiazole rings is 1. The molecule has 1 aliphatic heterocycles. The molecule has 7 nitrogen and oxygen atoms in total. The average Bonchev–Trinajstić information content (AvgIpc) is 3.24. The summed E-state index contributed by atoms with van der Waals surface area (Å²) in [6.45, 7) is 13.3. The molecule has 1 aliphatic rings. The zero-order valence-electron chi connectivity index (χ0n) is 22.3. The predicted octanol–water partition coefficient (Wildman–Crippen LogP) is 4.99. The normalized spacial score (nSPS) is 24.0. The van der Waals surface area contributed by atoms with Gasteiger partial charge >= 0.3 is 5.97 Å². The molecule has 0 bridgehead atoms. The molecule has 2 heterocycles. The van der Waals surface area contributed by atoms with Gasteiger partial charge in [0.05, 0.1) is 34.9 Å². The monoisotopic (exact) mass is 508 g/mol. The van der Waals surface area contributed by atoms with Crippen molar-refractivity contribution in [1.82, 2.24) is 4.98 Å². The zero-order chi connectivity index (χ0) is 26.6.